The molecule has 0 heterocycles. The van der Waals surface area contributed by atoms with Gasteiger partial charge in [-0.2, -0.15) is 0 Å². The van der Waals surface area contributed by atoms with E-state index in [1.807, 2.05) is 20.8 Å². The number of hydrogen-bond acceptors (Lipinski definition) is 1. The number of nitrogens with zero attached hydrogens (tertiary/aromatic N) is 1. The summed E-state index contributed by atoms with van der Waals surface area (Å²) in [5.41, 5.74) is -0.126. The number of carbonyl (C=O) groups excluding carboxylic acids is 1. The number of rotatable bonds is 2. The highest BCUT2D eigenvalue weighted by Crippen LogP contribution is 2.17. The molecule has 0 saturated carbocycles. The van der Waals surface area contributed by atoms with E-state index in [0.717, 1.165) is 6.42 Å². The van der Waals surface area contributed by atoms with Crippen LogP contribution in [0.1, 0.15) is 27.2 Å². The molecule has 0 aliphatic rings. The summed E-state index contributed by atoms with van der Waals surface area (Å²) >= 11 is 5.28. The maximum atomic E-state index is 10.6. The van der Waals surface area contributed by atoms with Gasteiger partial charge >= 0.3 is 5.37 Å². The molecular formula is C7H14ClNO. The van der Waals surface area contributed by atoms with Crippen molar-refractivity contribution in [1.82, 2.24) is 4.90 Å². The van der Waals surface area contributed by atoms with Crippen molar-refractivity contribution in [2.24, 2.45) is 0 Å². The van der Waals surface area contributed by atoms with Gasteiger partial charge in [-0.05, 0) is 31.9 Å². The van der Waals surface area contributed by atoms with Crippen LogP contribution in [-0.2, 0) is 0 Å². The van der Waals surface area contributed by atoms with Crippen LogP contribution in [0.25, 0.3) is 0 Å². The van der Waals surface area contributed by atoms with Crippen molar-refractivity contribution in [2.45, 2.75) is 32.7 Å². The summed E-state index contributed by atoms with van der Waals surface area (Å²) in [4.78, 5) is 12.2. The lowest BCUT2D eigenvalue weighted by Crippen LogP contribution is -2.41. The van der Waals surface area contributed by atoms with E-state index in [4.69, 9.17) is 11.6 Å². The number of halogens is 1. The second kappa shape index (κ2) is 3.24. The average Bonchev–Trinajstić information content (AvgIpc) is 1.86. The quantitative estimate of drug-likeness (QED) is 0.453. The van der Waals surface area contributed by atoms with Gasteiger partial charge < -0.3 is 4.90 Å². The van der Waals surface area contributed by atoms with Gasteiger partial charge in [0.15, 0.2) is 0 Å². The highest BCUT2D eigenvalue weighted by Gasteiger charge is 2.23. The number of carbonyl (C=O) groups is 1. The lowest BCUT2D eigenvalue weighted by Gasteiger charge is -2.32. The third-order valence-electron chi connectivity index (χ3n) is 2.04. The van der Waals surface area contributed by atoms with Crippen molar-refractivity contribution < 1.29 is 4.79 Å². The standard InChI is InChI=1S/C7H14ClNO/c1-5-7(2,3)9(4)6(8)10/h5H2,1-4H3. The molecule has 0 N–H and O–H groups in total. The van der Waals surface area contributed by atoms with E-state index in [1.165, 1.54) is 4.90 Å². The van der Waals surface area contributed by atoms with Gasteiger partial charge in [0.05, 0.1) is 0 Å². The van der Waals surface area contributed by atoms with Crippen LogP contribution in [0.3, 0.4) is 0 Å². The van der Waals surface area contributed by atoms with Gasteiger partial charge in [0.25, 0.3) is 0 Å². The smallest absolute Gasteiger partial charge is 0.316 e. The zero-order chi connectivity index (χ0) is 8.36. The fourth-order valence-electron chi connectivity index (χ4n) is 0.475. The molecule has 0 aromatic heterocycles. The fraction of sp³-hybridized carbons (Fsp3) is 0.857. The van der Waals surface area contributed by atoms with Crippen LogP contribution >= 0.6 is 11.6 Å². The first-order valence-corrected chi connectivity index (χ1v) is 3.73. The molecule has 0 saturated heterocycles. The Balaban J connectivity index is 4.17. The second-order valence-electron chi connectivity index (χ2n) is 2.98. The molecule has 0 fully saturated rings. The predicted molar refractivity (Wildman–Crippen MR) is 43.4 cm³/mol. The van der Waals surface area contributed by atoms with Crippen LogP contribution in [0.15, 0.2) is 0 Å². The Bertz CT molecular complexity index is 134. The van der Waals surface area contributed by atoms with E-state index in [9.17, 15) is 4.79 Å². The van der Waals surface area contributed by atoms with Crippen molar-refractivity contribution in [3.63, 3.8) is 0 Å². The molecule has 0 unspecified atom stereocenters. The molecule has 1 amide bonds. The average molecular weight is 164 g/mol. The Kier molecular flexibility index (Phi) is 3.16. The summed E-state index contributed by atoms with van der Waals surface area (Å²) in [5, 5.41) is -0.396. The molecule has 0 bridgehead atoms. The topological polar surface area (TPSA) is 20.3 Å². The lowest BCUT2D eigenvalue weighted by molar-refractivity contribution is 0.174. The van der Waals surface area contributed by atoms with Crippen LogP contribution in [-0.4, -0.2) is 22.9 Å². The van der Waals surface area contributed by atoms with Gasteiger partial charge in [0.2, 0.25) is 0 Å². The Morgan fingerprint density at radius 1 is 1.60 bits per heavy atom. The summed E-state index contributed by atoms with van der Waals surface area (Å²) in [7, 11) is 1.71. The molecule has 60 valence electrons. The second-order valence-corrected chi connectivity index (χ2v) is 3.30. The molecule has 0 aromatic carbocycles. The van der Waals surface area contributed by atoms with Crippen LogP contribution in [0, 0.1) is 0 Å². The van der Waals surface area contributed by atoms with Crippen LogP contribution in [0.5, 0.6) is 0 Å². The summed E-state index contributed by atoms with van der Waals surface area (Å²) < 4.78 is 0. The summed E-state index contributed by atoms with van der Waals surface area (Å²) in [5.74, 6) is 0. The molecule has 0 atom stereocenters. The zero-order valence-electron chi connectivity index (χ0n) is 6.94. The number of hydrogen-bond donors (Lipinski definition) is 0. The van der Waals surface area contributed by atoms with Crippen molar-refractivity contribution in [3.8, 4) is 0 Å². The third kappa shape index (κ3) is 2.18. The van der Waals surface area contributed by atoms with Crippen LogP contribution in [0.4, 0.5) is 4.79 Å². The summed E-state index contributed by atoms with van der Waals surface area (Å²) in [6, 6.07) is 0. The molecule has 0 rings (SSSR count). The van der Waals surface area contributed by atoms with Crippen molar-refractivity contribution >= 4 is 17.0 Å². The van der Waals surface area contributed by atoms with Gasteiger partial charge in [-0.15, -0.1) is 0 Å². The monoisotopic (exact) mass is 163 g/mol. The van der Waals surface area contributed by atoms with Gasteiger partial charge in [0, 0.05) is 12.6 Å². The van der Waals surface area contributed by atoms with E-state index >= 15 is 0 Å². The normalized spacial score (nSPS) is 11.3. The van der Waals surface area contributed by atoms with Gasteiger partial charge in [-0.1, -0.05) is 6.92 Å². The molecule has 0 aliphatic heterocycles. The molecule has 0 aliphatic carbocycles. The SMILES string of the molecule is CCC(C)(C)N(C)C(=O)Cl. The summed E-state index contributed by atoms with van der Waals surface area (Å²) in [6.45, 7) is 5.98. The number of amides is 1. The zero-order valence-corrected chi connectivity index (χ0v) is 7.70. The van der Waals surface area contributed by atoms with Crippen molar-refractivity contribution in [1.29, 1.82) is 0 Å². The maximum absolute atomic E-state index is 10.6. The van der Waals surface area contributed by atoms with Gasteiger partial charge in [0.1, 0.15) is 0 Å². The Morgan fingerprint density at radius 2 is 2.00 bits per heavy atom. The predicted octanol–water partition coefficient (Wildman–Crippen LogP) is 2.47. The summed E-state index contributed by atoms with van der Waals surface area (Å²) in [6.07, 6.45) is 0.905. The van der Waals surface area contributed by atoms with E-state index < -0.39 is 5.37 Å². The highest BCUT2D eigenvalue weighted by molar-refractivity contribution is 6.62. The van der Waals surface area contributed by atoms with E-state index in [2.05, 4.69) is 0 Å². The van der Waals surface area contributed by atoms with Crippen molar-refractivity contribution in [2.75, 3.05) is 7.05 Å². The van der Waals surface area contributed by atoms with Crippen LogP contribution < -0.4 is 0 Å². The van der Waals surface area contributed by atoms with E-state index in [-0.39, 0.29) is 5.54 Å². The fourth-order valence-corrected chi connectivity index (χ4v) is 0.704. The van der Waals surface area contributed by atoms with E-state index in [1.54, 1.807) is 7.05 Å². The molecule has 0 spiro atoms. The van der Waals surface area contributed by atoms with Crippen molar-refractivity contribution in [3.05, 3.63) is 0 Å². The Morgan fingerprint density at radius 3 is 2.10 bits per heavy atom. The molecule has 3 heteroatoms. The van der Waals surface area contributed by atoms with E-state index in [0.29, 0.717) is 0 Å². The largest absolute Gasteiger partial charge is 0.327 e. The van der Waals surface area contributed by atoms with Crippen LogP contribution in [0.2, 0.25) is 0 Å². The highest BCUT2D eigenvalue weighted by atomic mass is 35.5. The van der Waals surface area contributed by atoms with Gasteiger partial charge in [-0.25, -0.2) is 0 Å². The first-order valence-electron chi connectivity index (χ1n) is 3.35. The maximum Gasteiger partial charge on any atom is 0.316 e. The molecule has 0 radical (unpaired) electrons. The third-order valence-corrected chi connectivity index (χ3v) is 2.29. The Labute approximate surface area is 67.2 Å². The minimum absolute atomic E-state index is 0.126. The lowest BCUT2D eigenvalue weighted by atomic mass is 10.0. The molecule has 0 aromatic rings. The molecule has 2 nitrogen and oxygen atoms in total. The Hall–Kier alpha value is -0.240. The minimum Gasteiger partial charge on any atom is -0.327 e. The first-order chi connectivity index (χ1) is 4.41. The minimum atomic E-state index is -0.396. The molecular weight excluding hydrogens is 150 g/mol. The molecule has 10 heavy (non-hydrogen) atoms. The van der Waals surface area contributed by atoms with Gasteiger partial charge in [-0.3, -0.25) is 4.79 Å². The first kappa shape index (κ1) is 9.76.